The molecule has 0 fully saturated rings. The van der Waals surface area contributed by atoms with Crippen LogP contribution in [0.4, 0.5) is 27.6 Å². The third-order valence-electron chi connectivity index (χ3n) is 1.53. The number of rotatable bonds is 1. The van der Waals surface area contributed by atoms with Crippen LogP contribution in [0.2, 0.25) is 0 Å². The van der Waals surface area contributed by atoms with Gasteiger partial charge in [0.05, 0.1) is 0 Å². The normalized spacial score (nSPS) is 11.2. The largest absolute Gasteiger partial charge is 1.00 e. The summed E-state index contributed by atoms with van der Waals surface area (Å²) < 4.78 is 63.6. The van der Waals surface area contributed by atoms with Crippen molar-refractivity contribution in [3.8, 4) is 0 Å². The van der Waals surface area contributed by atoms with Gasteiger partial charge in [-0.2, -0.15) is 8.78 Å². The summed E-state index contributed by atoms with van der Waals surface area (Å²) in [4.78, 5) is 1.85. The number of halogens is 6. The highest BCUT2D eigenvalue weighted by atomic mass is 79.9. The first-order valence-corrected chi connectivity index (χ1v) is 3.73. The zero-order valence-corrected chi connectivity index (χ0v) is 9.43. The monoisotopic (exact) mass is 304 g/mol. The fourth-order valence-corrected chi connectivity index (χ4v) is 0.912. The molecule has 1 aromatic rings. The first kappa shape index (κ1) is 14.8. The Balaban J connectivity index is 0.00000225. The molecule has 0 radical (unpaired) electrons. The van der Waals surface area contributed by atoms with Crippen LogP contribution in [0, 0.1) is 29.1 Å². The van der Waals surface area contributed by atoms with Gasteiger partial charge >= 0.3 is 0 Å². The molecule has 1 rings (SSSR count). The SMILES string of the molecule is CC(N)=[NH+]c1c(F)c(F)c(F)c(F)c1F.[Br-]. The maximum atomic E-state index is 12.9. The van der Waals surface area contributed by atoms with Crippen LogP contribution in [-0.2, 0) is 0 Å². The molecule has 3 N–H and O–H groups in total. The van der Waals surface area contributed by atoms with E-state index in [4.69, 9.17) is 5.73 Å². The molecule has 16 heavy (non-hydrogen) atoms. The molecule has 0 heterocycles. The van der Waals surface area contributed by atoms with E-state index in [2.05, 4.69) is 0 Å². The molecule has 8 heteroatoms. The molecule has 0 aliphatic heterocycles. The van der Waals surface area contributed by atoms with Gasteiger partial charge in [-0.05, 0) is 0 Å². The highest BCUT2D eigenvalue weighted by Gasteiger charge is 2.27. The van der Waals surface area contributed by atoms with Crippen LogP contribution < -0.4 is 27.7 Å². The van der Waals surface area contributed by atoms with E-state index in [1.165, 1.54) is 6.92 Å². The molecular weight excluding hydrogens is 299 g/mol. The molecular formula is C8H6BrF5N2. The summed E-state index contributed by atoms with van der Waals surface area (Å²) in [6, 6.07) is 0. The van der Waals surface area contributed by atoms with Crippen molar-refractivity contribution in [2.24, 2.45) is 5.73 Å². The van der Waals surface area contributed by atoms with E-state index in [0.29, 0.717) is 0 Å². The Bertz CT molecular complexity index is 414. The molecule has 2 nitrogen and oxygen atoms in total. The summed E-state index contributed by atoms with van der Waals surface area (Å²) in [7, 11) is 0. The van der Waals surface area contributed by atoms with Gasteiger partial charge in [-0.25, -0.2) is 18.2 Å². The summed E-state index contributed by atoms with van der Waals surface area (Å²) in [5, 5.41) is 0. The number of hydrogen-bond acceptors (Lipinski definition) is 0. The quantitative estimate of drug-likeness (QED) is 0.194. The summed E-state index contributed by atoms with van der Waals surface area (Å²) in [6.45, 7) is 1.21. The lowest BCUT2D eigenvalue weighted by Gasteiger charge is -2.01. The number of benzene rings is 1. The van der Waals surface area contributed by atoms with Crippen LogP contribution in [0.5, 0.6) is 0 Å². The molecule has 0 spiro atoms. The van der Waals surface area contributed by atoms with Gasteiger partial charge in [0.25, 0.3) is 0 Å². The van der Waals surface area contributed by atoms with Crippen molar-refractivity contribution in [1.82, 2.24) is 0 Å². The number of nitrogens with two attached hydrogens (primary N) is 1. The maximum Gasteiger partial charge on any atom is 0.242 e. The summed E-state index contributed by atoms with van der Waals surface area (Å²) in [5.74, 6) is -10.3. The second-order valence-corrected chi connectivity index (χ2v) is 2.75. The lowest BCUT2D eigenvalue weighted by atomic mass is 10.2. The van der Waals surface area contributed by atoms with E-state index in [0.717, 1.165) is 0 Å². The van der Waals surface area contributed by atoms with Crippen LogP contribution in [0.3, 0.4) is 0 Å². The lowest BCUT2D eigenvalue weighted by Crippen LogP contribution is -3.00. The smallest absolute Gasteiger partial charge is 0.242 e. The molecule has 0 aliphatic rings. The minimum Gasteiger partial charge on any atom is -1.00 e. The third-order valence-corrected chi connectivity index (χ3v) is 1.53. The molecule has 90 valence electrons. The summed E-state index contributed by atoms with van der Waals surface area (Å²) in [6.07, 6.45) is 0. The summed E-state index contributed by atoms with van der Waals surface area (Å²) >= 11 is 0. The van der Waals surface area contributed by atoms with Gasteiger partial charge < -0.3 is 17.0 Å². The predicted molar refractivity (Wildman–Crippen MR) is 41.7 cm³/mol. The van der Waals surface area contributed by atoms with E-state index in [9.17, 15) is 22.0 Å². The van der Waals surface area contributed by atoms with Crippen molar-refractivity contribution < 1.29 is 43.9 Å². The molecule has 0 unspecified atom stereocenters. The van der Waals surface area contributed by atoms with Crippen LogP contribution in [0.25, 0.3) is 0 Å². The van der Waals surface area contributed by atoms with Crippen molar-refractivity contribution in [2.45, 2.75) is 6.92 Å². The number of nitrogens with one attached hydrogen (secondary N) is 1. The average molecular weight is 305 g/mol. The minimum atomic E-state index is -2.20. The summed E-state index contributed by atoms with van der Waals surface area (Å²) in [5.41, 5.74) is 3.87. The average Bonchev–Trinajstić information content (AvgIpc) is 2.18. The van der Waals surface area contributed by atoms with Crippen molar-refractivity contribution in [2.75, 3.05) is 0 Å². The van der Waals surface area contributed by atoms with E-state index < -0.39 is 34.8 Å². The zero-order chi connectivity index (χ0) is 11.7. The fourth-order valence-electron chi connectivity index (χ4n) is 0.912. The molecule has 0 atom stereocenters. The second-order valence-electron chi connectivity index (χ2n) is 2.75. The molecule has 0 saturated carbocycles. The Kier molecular flexibility index (Phi) is 4.85. The Labute approximate surface area is 97.7 Å². The van der Waals surface area contributed by atoms with Gasteiger partial charge in [0.15, 0.2) is 0 Å². The highest BCUT2D eigenvalue weighted by molar-refractivity contribution is 5.72. The highest BCUT2D eigenvalue weighted by Crippen LogP contribution is 2.23. The maximum absolute atomic E-state index is 12.9. The van der Waals surface area contributed by atoms with E-state index in [1.54, 1.807) is 0 Å². The molecule has 0 aliphatic carbocycles. The van der Waals surface area contributed by atoms with Gasteiger partial charge in [0.2, 0.25) is 40.6 Å². The number of amidine groups is 1. The van der Waals surface area contributed by atoms with Gasteiger partial charge in [0.1, 0.15) is 0 Å². The molecule has 0 aromatic heterocycles. The van der Waals surface area contributed by atoms with E-state index in [-0.39, 0.29) is 22.8 Å². The standard InChI is InChI=1S/C8H5F5N2.BrH/c1-2(14)15-8-6(12)4(10)3(9)5(11)7(8)13;/h1H3,(H2,14,15);1H. The Morgan fingerprint density at radius 2 is 1.19 bits per heavy atom. The van der Waals surface area contributed by atoms with E-state index in [1.807, 2.05) is 4.99 Å². The topological polar surface area (TPSA) is 40.0 Å². The first-order chi connectivity index (χ1) is 6.86. The van der Waals surface area contributed by atoms with Gasteiger partial charge in [-0.1, -0.05) is 0 Å². The number of hydrogen-bond donors (Lipinski definition) is 2. The Morgan fingerprint density at radius 3 is 1.50 bits per heavy atom. The van der Waals surface area contributed by atoms with Crippen LogP contribution in [-0.4, -0.2) is 5.84 Å². The third kappa shape index (κ3) is 2.49. The van der Waals surface area contributed by atoms with Crippen LogP contribution in [0.15, 0.2) is 0 Å². The van der Waals surface area contributed by atoms with Crippen molar-refractivity contribution in [1.29, 1.82) is 0 Å². The Hall–Kier alpha value is -1.18. The van der Waals surface area contributed by atoms with Gasteiger partial charge in [0, 0.05) is 6.92 Å². The van der Waals surface area contributed by atoms with Crippen molar-refractivity contribution in [3.63, 3.8) is 0 Å². The second kappa shape index (κ2) is 5.24. The van der Waals surface area contributed by atoms with Crippen LogP contribution in [0.1, 0.15) is 6.92 Å². The predicted octanol–water partition coefficient (Wildman–Crippen LogP) is -2.52. The van der Waals surface area contributed by atoms with Crippen molar-refractivity contribution >= 4 is 11.5 Å². The molecule has 0 bridgehead atoms. The molecule has 0 amide bonds. The van der Waals surface area contributed by atoms with E-state index >= 15 is 0 Å². The lowest BCUT2D eigenvalue weighted by molar-refractivity contribution is -0.362. The van der Waals surface area contributed by atoms with Crippen molar-refractivity contribution in [3.05, 3.63) is 29.1 Å². The Morgan fingerprint density at radius 1 is 0.875 bits per heavy atom. The fraction of sp³-hybridized carbons (Fsp3) is 0.125. The van der Waals surface area contributed by atoms with Gasteiger partial charge in [-0.15, -0.1) is 0 Å². The molecule has 1 aromatic carbocycles. The zero-order valence-electron chi connectivity index (χ0n) is 7.85. The minimum absolute atomic E-state index is 0. The molecule has 0 saturated heterocycles. The van der Waals surface area contributed by atoms with Crippen LogP contribution >= 0.6 is 0 Å². The first-order valence-electron chi connectivity index (χ1n) is 3.73. The van der Waals surface area contributed by atoms with Gasteiger partial charge in [-0.3, -0.25) is 5.73 Å².